The first-order valence-electron chi connectivity index (χ1n) is 17.7. The number of ether oxygens (including phenoxy) is 1. The number of hydrogen-bond acceptors (Lipinski definition) is 2. The smallest absolute Gasteiger partial charge is 0.305 e. The van der Waals surface area contributed by atoms with Crippen LogP contribution in [0.4, 0.5) is 0 Å². The third-order valence-electron chi connectivity index (χ3n) is 8.10. The zero-order valence-electron chi connectivity index (χ0n) is 27.0. The molecule has 0 radical (unpaired) electrons. The first-order chi connectivity index (χ1) is 18.5. The first kappa shape index (κ1) is 37.5. The molecule has 0 atom stereocenters. The van der Waals surface area contributed by atoms with Crippen LogP contribution in [0.3, 0.4) is 0 Å². The molecule has 2 nitrogen and oxygen atoms in total. The summed E-state index contributed by atoms with van der Waals surface area (Å²) < 4.78 is 5.44. The van der Waals surface area contributed by atoms with Crippen LogP contribution < -0.4 is 0 Å². The maximum Gasteiger partial charge on any atom is 0.305 e. The monoisotopic (exact) mass is 537 g/mol. The molecule has 2 heteroatoms. The molecule has 228 valence electrons. The van der Waals surface area contributed by atoms with Gasteiger partial charge in [-0.1, -0.05) is 188 Å². The lowest BCUT2D eigenvalue weighted by molar-refractivity contribution is -0.143. The zero-order chi connectivity index (χ0) is 27.9. The highest BCUT2D eigenvalue weighted by Crippen LogP contribution is 2.16. The average Bonchev–Trinajstić information content (AvgIpc) is 2.88. The van der Waals surface area contributed by atoms with Crippen LogP contribution in [0.25, 0.3) is 0 Å². The summed E-state index contributed by atoms with van der Waals surface area (Å²) in [6, 6.07) is 0. The predicted molar refractivity (Wildman–Crippen MR) is 170 cm³/mol. The van der Waals surface area contributed by atoms with Crippen LogP contribution >= 0.6 is 0 Å². The largest absolute Gasteiger partial charge is 0.466 e. The van der Waals surface area contributed by atoms with Crippen LogP contribution in [0, 0.1) is 11.8 Å². The minimum absolute atomic E-state index is 0.0262. The van der Waals surface area contributed by atoms with Crippen molar-refractivity contribution in [2.45, 2.75) is 207 Å². The molecule has 0 heterocycles. The Morgan fingerprint density at radius 3 is 0.974 bits per heavy atom. The van der Waals surface area contributed by atoms with Crippen molar-refractivity contribution in [1.82, 2.24) is 0 Å². The summed E-state index contributed by atoms with van der Waals surface area (Å²) in [5.74, 6) is 1.77. The van der Waals surface area contributed by atoms with E-state index in [0.717, 1.165) is 24.7 Å². The molecule has 0 aromatic carbocycles. The van der Waals surface area contributed by atoms with Gasteiger partial charge in [-0.25, -0.2) is 0 Å². The second-order valence-corrected chi connectivity index (χ2v) is 13.2. The van der Waals surface area contributed by atoms with Gasteiger partial charge < -0.3 is 4.74 Å². The molecule has 0 saturated heterocycles. The Bertz CT molecular complexity index is 456. The lowest BCUT2D eigenvalue weighted by Gasteiger charge is -2.06. The third kappa shape index (κ3) is 33.5. The third-order valence-corrected chi connectivity index (χ3v) is 8.10. The highest BCUT2D eigenvalue weighted by molar-refractivity contribution is 5.69. The molecule has 0 aliphatic heterocycles. The second kappa shape index (κ2) is 31.0. The molecule has 0 N–H and O–H groups in total. The van der Waals surface area contributed by atoms with Crippen molar-refractivity contribution in [3.8, 4) is 0 Å². The summed E-state index contributed by atoms with van der Waals surface area (Å²) in [6.07, 6.45) is 37.3. The van der Waals surface area contributed by atoms with Crippen LogP contribution in [0.5, 0.6) is 0 Å². The molecule has 0 unspecified atom stereocenters. The quantitative estimate of drug-likeness (QED) is 0.0650. The maximum atomic E-state index is 11.9. The minimum Gasteiger partial charge on any atom is -0.466 e. The van der Waals surface area contributed by atoms with Crippen LogP contribution in [-0.2, 0) is 9.53 Å². The SMILES string of the molecule is CC(C)CCCCCCCCCCCCCCCOC(=O)CCCCCCCCCCCCCCC(C)C. The van der Waals surface area contributed by atoms with E-state index < -0.39 is 0 Å². The van der Waals surface area contributed by atoms with Crippen molar-refractivity contribution in [3.63, 3.8) is 0 Å². The number of hydrogen-bond donors (Lipinski definition) is 0. The summed E-state index contributed by atoms with van der Waals surface area (Å²) in [4.78, 5) is 11.9. The fraction of sp³-hybridized carbons (Fsp3) is 0.972. The van der Waals surface area contributed by atoms with Crippen LogP contribution in [0.1, 0.15) is 207 Å². The van der Waals surface area contributed by atoms with Gasteiger partial charge in [0.05, 0.1) is 6.61 Å². The molecule has 0 fully saturated rings. The van der Waals surface area contributed by atoms with E-state index in [9.17, 15) is 4.79 Å². The van der Waals surface area contributed by atoms with Gasteiger partial charge in [-0.2, -0.15) is 0 Å². The highest BCUT2D eigenvalue weighted by atomic mass is 16.5. The first-order valence-corrected chi connectivity index (χ1v) is 17.7. The Balaban J connectivity index is 3.16. The Kier molecular flexibility index (Phi) is 30.6. The highest BCUT2D eigenvalue weighted by Gasteiger charge is 2.03. The average molecular weight is 537 g/mol. The van der Waals surface area contributed by atoms with E-state index in [1.54, 1.807) is 0 Å². The van der Waals surface area contributed by atoms with Gasteiger partial charge in [0.25, 0.3) is 0 Å². The van der Waals surface area contributed by atoms with Crippen molar-refractivity contribution in [1.29, 1.82) is 0 Å². The molecule has 38 heavy (non-hydrogen) atoms. The summed E-state index contributed by atoms with van der Waals surface area (Å²) in [5.41, 5.74) is 0. The van der Waals surface area contributed by atoms with Crippen LogP contribution in [0.15, 0.2) is 0 Å². The molecule has 0 aromatic rings. The lowest BCUT2D eigenvalue weighted by atomic mass is 10.0. The van der Waals surface area contributed by atoms with Crippen molar-refractivity contribution >= 4 is 5.97 Å². The summed E-state index contributed by atoms with van der Waals surface area (Å²) >= 11 is 0. The van der Waals surface area contributed by atoms with Gasteiger partial charge in [0.15, 0.2) is 0 Å². The molecule has 0 spiro atoms. The molecule has 0 saturated carbocycles. The minimum atomic E-state index is 0.0262. The molecule has 0 rings (SSSR count). The van der Waals surface area contributed by atoms with Gasteiger partial charge >= 0.3 is 5.97 Å². The second-order valence-electron chi connectivity index (χ2n) is 13.2. The van der Waals surface area contributed by atoms with E-state index >= 15 is 0 Å². The Labute approximate surface area is 241 Å². The van der Waals surface area contributed by atoms with E-state index in [4.69, 9.17) is 4.74 Å². The normalized spacial score (nSPS) is 11.6. The maximum absolute atomic E-state index is 11.9. The van der Waals surface area contributed by atoms with E-state index in [1.807, 2.05) is 0 Å². The van der Waals surface area contributed by atoms with Gasteiger partial charge in [-0.15, -0.1) is 0 Å². The van der Waals surface area contributed by atoms with E-state index in [2.05, 4.69) is 27.7 Å². The number of rotatable bonds is 31. The molecular formula is C36H72O2. The van der Waals surface area contributed by atoms with E-state index in [0.29, 0.717) is 13.0 Å². The summed E-state index contributed by atoms with van der Waals surface area (Å²) in [5, 5.41) is 0. The van der Waals surface area contributed by atoms with E-state index in [-0.39, 0.29) is 5.97 Å². The predicted octanol–water partition coefficient (Wildman–Crippen LogP) is 12.8. The zero-order valence-corrected chi connectivity index (χ0v) is 27.0. The number of carbonyl (C=O) groups excluding carboxylic acids is 1. The van der Waals surface area contributed by atoms with Gasteiger partial charge in [-0.3, -0.25) is 4.79 Å². The molecule has 0 aromatic heterocycles. The fourth-order valence-electron chi connectivity index (χ4n) is 5.45. The Morgan fingerprint density at radius 2 is 0.658 bits per heavy atom. The Morgan fingerprint density at radius 1 is 0.395 bits per heavy atom. The number of esters is 1. The molecule has 0 amide bonds. The molecule has 0 aliphatic carbocycles. The van der Waals surface area contributed by atoms with Gasteiger partial charge in [-0.05, 0) is 24.7 Å². The van der Waals surface area contributed by atoms with E-state index in [1.165, 1.54) is 161 Å². The summed E-state index contributed by atoms with van der Waals surface area (Å²) in [7, 11) is 0. The number of unbranched alkanes of at least 4 members (excludes halogenated alkanes) is 23. The molecule has 0 bridgehead atoms. The lowest BCUT2D eigenvalue weighted by Crippen LogP contribution is -2.05. The molecule has 0 aliphatic rings. The van der Waals surface area contributed by atoms with Crippen LogP contribution in [-0.4, -0.2) is 12.6 Å². The number of carbonyl (C=O) groups is 1. The van der Waals surface area contributed by atoms with Crippen molar-refractivity contribution in [3.05, 3.63) is 0 Å². The van der Waals surface area contributed by atoms with Gasteiger partial charge in [0.2, 0.25) is 0 Å². The van der Waals surface area contributed by atoms with Crippen molar-refractivity contribution < 1.29 is 9.53 Å². The molecular weight excluding hydrogens is 464 g/mol. The fourth-order valence-corrected chi connectivity index (χ4v) is 5.45. The van der Waals surface area contributed by atoms with Gasteiger partial charge in [0.1, 0.15) is 0 Å². The Hall–Kier alpha value is -0.530. The van der Waals surface area contributed by atoms with Crippen LogP contribution in [0.2, 0.25) is 0 Å². The summed E-state index contributed by atoms with van der Waals surface area (Å²) in [6.45, 7) is 9.95. The van der Waals surface area contributed by atoms with Crippen molar-refractivity contribution in [2.75, 3.05) is 6.61 Å². The standard InChI is InChI=1S/C36H72O2/c1-34(2)30-26-22-18-14-10-6-5-9-13-17-21-25-29-33-38-36(37)32-28-24-20-16-12-8-7-11-15-19-23-27-31-35(3)4/h34-35H,5-33H2,1-4H3. The van der Waals surface area contributed by atoms with Crippen molar-refractivity contribution in [2.24, 2.45) is 11.8 Å². The topological polar surface area (TPSA) is 26.3 Å². The van der Waals surface area contributed by atoms with Gasteiger partial charge in [0, 0.05) is 6.42 Å².